The molecule has 0 aliphatic carbocycles. The molecule has 16 rings (SSSR count). The average molecular weight is 906 g/mol. The standard InChI is InChI=1S/C64H39N7/c1-9-25-52-42(17-1)43-18-2-10-26-53(43)67(52)40-33-35-60-50(37-40)51-38-41(68-54-27-11-3-19-44(54)45-20-4-12-28-55(45)68)34-36-61(51)71(60)64-65-62(69-56-29-13-5-21-46(56)47-22-6-14-30-57(47)69)39-63(66-64)70-58-31-15-7-23-48(58)49-24-8-16-32-59(49)70/h1-39H. The van der Waals surface area contributed by atoms with Gasteiger partial charge in [0.2, 0.25) is 5.95 Å². The third-order valence-corrected chi connectivity index (χ3v) is 14.9. The van der Waals surface area contributed by atoms with Gasteiger partial charge in [0.15, 0.2) is 0 Å². The first kappa shape index (κ1) is 38.3. The largest absolute Gasteiger partial charge is 0.309 e. The number of benzene rings is 10. The highest BCUT2D eigenvalue weighted by Crippen LogP contribution is 2.41. The highest BCUT2D eigenvalue weighted by molar-refractivity contribution is 6.15. The van der Waals surface area contributed by atoms with Gasteiger partial charge in [-0.3, -0.25) is 13.7 Å². The average Bonchev–Trinajstić information content (AvgIpc) is 4.22. The van der Waals surface area contributed by atoms with Crippen LogP contribution in [0, 0.1) is 0 Å². The van der Waals surface area contributed by atoms with Crippen LogP contribution in [0.2, 0.25) is 0 Å². The van der Waals surface area contributed by atoms with Crippen LogP contribution in [0.25, 0.3) is 138 Å². The van der Waals surface area contributed by atoms with E-state index in [1.807, 2.05) is 0 Å². The number of para-hydroxylation sites is 8. The fourth-order valence-corrected chi connectivity index (χ4v) is 12.0. The number of fused-ring (bicyclic) bond motifs is 15. The Morgan fingerprint density at radius 1 is 0.197 bits per heavy atom. The van der Waals surface area contributed by atoms with Gasteiger partial charge >= 0.3 is 0 Å². The monoisotopic (exact) mass is 905 g/mol. The molecule has 0 unspecified atom stereocenters. The summed E-state index contributed by atoms with van der Waals surface area (Å²) in [7, 11) is 0. The Kier molecular flexibility index (Phi) is 7.76. The molecule has 0 fully saturated rings. The Bertz CT molecular complexity index is 4380. The van der Waals surface area contributed by atoms with E-state index >= 15 is 0 Å². The summed E-state index contributed by atoms with van der Waals surface area (Å²) < 4.78 is 11.7. The Balaban J connectivity index is 1.04. The summed E-state index contributed by atoms with van der Waals surface area (Å²) in [5.74, 6) is 2.14. The minimum Gasteiger partial charge on any atom is -0.309 e. The smallest absolute Gasteiger partial charge is 0.238 e. The first-order chi connectivity index (χ1) is 35.2. The van der Waals surface area contributed by atoms with E-state index in [4.69, 9.17) is 9.97 Å². The van der Waals surface area contributed by atoms with E-state index in [1.165, 1.54) is 65.2 Å². The number of hydrogen-bond donors (Lipinski definition) is 0. The Hall–Kier alpha value is -9.72. The molecule has 6 aromatic heterocycles. The van der Waals surface area contributed by atoms with E-state index in [1.54, 1.807) is 0 Å². The van der Waals surface area contributed by atoms with Crippen LogP contribution in [0.4, 0.5) is 0 Å². The summed E-state index contributed by atoms with van der Waals surface area (Å²) in [6.07, 6.45) is 0. The van der Waals surface area contributed by atoms with Crippen LogP contribution in [0.15, 0.2) is 237 Å². The zero-order valence-corrected chi connectivity index (χ0v) is 38.1. The van der Waals surface area contributed by atoms with Crippen molar-refractivity contribution >= 4 is 109 Å². The molecule has 0 aliphatic heterocycles. The molecular weight excluding hydrogens is 867 g/mol. The molecule has 0 amide bonds. The van der Waals surface area contributed by atoms with E-state index in [0.717, 1.165) is 66.9 Å². The summed E-state index contributed by atoms with van der Waals surface area (Å²) in [6.45, 7) is 0. The predicted molar refractivity (Wildman–Crippen MR) is 294 cm³/mol. The van der Waals surface area contributed by atoms with Crippen molar-refractivity contribution in [2.45, 2.75) is 0 Å². The van der Waals surface area contributed by atoms with Crippen LogP contribution in [0.1, 0.15) is 0 Å². The molecule has 6 heterocycles. The molecule has 0 spiro atoms. The van der Waals surface area contributed by atoms with Crippen LogP contribution >= 0.6 is 0 Å². The molecule has 0 saturated heterocycles. The maximum absolute atomic E-state index is 5.69. The van der Waals surface area contributed by atoms with Gasteiger partial charge in [-0.2, -0.15) is 9.97 Å². The first-order valence-corrected chi connectivity index (χ1v) is 24.2. The van der Waals surface area contributed by atoms with Gasteiger partial charge in [0.05, 0.1) is 55.2 Å². The summed E-state index contributed by atoms with van der Waals surface area (Å²) in [5, 5.41) is 11.8. The highest BCUT2D eigenvalue weighted by atomic mass is 15.2. The number of aromatic nitrogens is 7. The molecule has 0 radical (unpaired) electrons. The van der Waals surface area contributed by atoms with Crippen molar-refractivity contribution < 1.29 is 0 Å². The number of nitrogens with zero attached hydrogens (tertiary/aromatic N) is 7. The van der Waals surface area contributed by atoms with Gasteiger partial charge in [-0.1, -0.05) is 146 Å². The van der Waals surface area contributed by atoms with Gasteiger partial charge in [-0.05, 0) is 84.9 Å². The summed E-state index contributed by atoms with van der Waals surface area (Å²) in [5.41, 5.74) is 13.2. The van der Waals surface area contributed by atoms with Gasteiger partial charge in [-0.25, -0.2) is 0 Å². The summed E-state index contributed by atoms with van der Waals surface area (Å²) in [6, 6.07) is 85.4. The predicted octanol–water partition coefficient (Wildman–Crippen LogP) is 16.0. The van der Waals surface area contributed by atoms with Crippen LogP contribution < -0.4 is 0 Å². The molecule has 330 valence electrons. The van der Waals surface area contributed by atoms with Gasteiger partial charge in [0, 0.05) is 71.3 Å². The lowest BCUT2D eigenvalue weighted by atomic mass is 10.1. The van der Waals surface area contributed by atoms with Crippen LogP contribution in [-0.2, 0) is 0 Å². The van der Waals surface area contributed by atoms with Gasteiger partial charge in [-0.15, -0.1) is 0 Å². The summed E-state index contributed by atoms with van der Waals surface area (Å²) in [4.78, 5) is 11.4. The fraction of sp³-hybridized carbons (Fsp3) is 0. The van der Waals surface area contributed by atoms with Gasteiger partial charge < -0.3 is 9.13 Å². The van der Waals surface area contributed by atoms with E-state index in [-0.39, 0.29) is 0 Å². The molecular formula is C64H39N7. The van der Waals surface area contributed by atoms with Crippen molar-refractivity contribution in [3.63, 3.8) is 0 Å². The molecule has 0 aliphatic rings. The first-order valence-electron chi connectivity index (χ1n) is 24.2. The van der Waals surface area contributed by atoms with Crippen molar-refractivity contribution in [2.24, 2.45) is 0 Å². The van der Waals surface area contributed by atoms with Crippen LogP contribution in [-0.4, -0.2) is 32.8 Å². The minimum atomic E-state index is 0.579. The normalized spacial score (nSPS) is 12.2. The number of hydrogen-bond acceptors (Lipinski definition) is 2. The third-order valence-electron chi connectivity index (χ3n) is 14.9. The highest BCUT2D eigenvalue weighted by Gasteiger charge is 2.23. The second kappa shape index (κ2) is 14.4. The molecule has 0 N–H and O–H groups in total. The van der Waals surface area contributed by atoms with Crippen LogP contribution in [0.5, 0.6) is 0 Å². The fourth-order valence-electron chi connectivity index (χ4n) is 12.0. The lowest BCUT2D eigenvalue weighted by molar-refractivity contribution is 0.918. The Morgan fingerprint density at radius 2 is 0.437 bits per heavy atom. The van der Waals surface area contributed by atoms with Crippen molar-refractivity contribution in [1.29, 1.82) is 0 Å². The topological polar surface area (TPSA) is 50.4 Å². The van der Waals surface area contributed by atoms with Gasteiger partial charge in [0.1, 0.15) is 11.6 Å². The molecule has 0 atom stereocenters. The second-order valence-corrected chi connectivity index (χ2v) is 18.6. The molecule has 16 aromatic rings. The van der Waals surface area contributed by atoms with Crippen molar-refractivity contribution in [3.8, 4) is 29.0 Å². The zero-order valence-electron chi connectivity index (χ0n) is 38.1. The van der Waals surface area contributed by atoms with Crippen LogP contribution in [0.3, 0.4) is 0 Å². The molecule has 7 heteroatoms. The molecule has 0 bridgehead atoms. The maximum atomic E-state index is 5.69. The van der Waals surface area contributed by atoms with Gasteiger partial charge in [0.25, 0.3) is 0 Å². The third kappa shape index (κ3) is 5.31. The lowest BCUT2D eigenvalue weighted by Crippen LogP contribution is -2.10. The molecule has 10 aromatic carbocycles. The SMILES string of the molecule is c1ccc2c(c1)c1ccccc1n2-c1ccc2c(c1)c1cc(-n3c4ccccc4c4ccccc43)ccc1n2-c1nc(-n2c3ccccc3c3ccccc32)cc(-n2c3ccccc3c3ccccc32)n1. The molecule has 71 heavy (non-hydrogen) atoms. The molecule has 0 saturated carbocycles. The minimum absolute atomic E-state index is 0.579. The van der Waals surface area contributed by atoms with Crippen molar-refractivity contribution in [3.05, 3.63) is 237 Å². The molecule has 7 nitrogen and oxygen atoms in total. The van der Waals surface area contributed by atoms with Crippen molar-refractivity contribution in [2.75, 3.05) is 0 Å². The Morgan fingerprint density at radius 3 is 0.718 bits per heavy atom. The Labute approximate surface area is 405 Å². The lowest BCUT2D eigenvalue weighted by Gasteiger charge is -2.15. The van der Waals surface area contributed by atoms with E-state index < -0.39 is 0 Å². The van der Waals surface area contributed by atoms with Crippen molar-refractivity contribution in [1.82, 2.24) is 32.8 Å². The zero-order chi connectivity index (χ0) is 46.3. The van der Waals surface area contributed by atoms with E-state index in [9.17, 15) is 0 Å². The maximum Gasteiger partial charge on any atom is 0.238 e. The second-order valence-electron chi connectivity index (χ2n) is 18.6. The number of rotatable bonds is 5. The quantitative estimate of drug-likeness (QED) is 0.173. The summed E-state index contributed by atoms with van der Waals surface area (Å²) >= 11 is 0. The van der Waals surface area contributed by atoms with E-state index in [0.29, 0.717) is 5.95 Å². The van der Waals surface area contributed by atoms with E-state index in [2.05, 4.69) is 259 Å².